The number of carbonyl (C=O) groups is 1. The first-order valence-electron chi connectivity index (χ1n) is 11.7. The number of hydrogen-bond acceptors (Lipinski definition) is 8. The first-order valence-corrected chi connectivity index (χ1v) is 14.3. The van der Waals surface area contributed by atoms with E-state index in [1.165, 1.54) is 37.0 Å². The molecule has 1 fully saturated rings. The number of nitrogens with zero attached hydrogens (tertiary/aromatic N) is 3. The van der Waals surface area contributed by atoms with Crippen molar-refractivity contribution in [2.24, 2.45) is 11.8 Å². The quantitative estimate of drug-likeness (QED) is 0.461. The van der Waals surface area contributed by atoms with Crippen LogP contribution in [-0.4, -0.2) is 55.5 Å². The van der Waals surface area contributed by atoms with Crippen LogP contribution in [0.15, 0.2) is 28.2 Å². The first kappa shape index (κ1) is 27.4. The highest BCUT2D eigenvalue weighted by atomic mass is 35.5. The number of aromatic nitrogens is 2. The number of aryl methyl sites for hydroxylation is 1. The van der Waals surface area contributed by atoms with Crippen LogP contribution in [0.25, 0.3) is 10.2 Å². The monoisotopic (exact) mass is 568 g/mol. The largest absolute Gasteiger partial charge is 0.495 e. The fourth-order valence-corrected chi connectivity index (χ4v) is 8.36. The number of fused-ring (bicyclic) bond motifs is 1. The van der Waals surface area contributed by atoms with Crippen LogP contribution in [0.5, 0.6) is 11.5 Å². The summed E-state index contributed by atoms with van der Waals surface area (Å²) in [6, 6.07) is 3.01. The predicted octanol–water partition coefficient (Wildman–Crippen LogP) is 3.74. The van der Waals surface area contributed by atoms with Crippen LogP contribution in [0.4, 0.5) is 5.69 Å². The summed E-state index contributed by atoms with van der Waals surface area (Å²) in [6.45, 7) is 6.12. The number of thiophene rings is 1. The molecule has 3 aromatic rings. The minimum Gasteiger partial charge on any atom is -0.495 e. The summed E-state index contributed by atoms with van der Waals surface area (Å²) >= 11 is 7.33. The number of methoxy groups -OCH3 is 2. The zero-order chi connectivity index (χ0) is 27.1. The molecule has 2 atom stereocenters. The molecule has 0 radical (unpaired) electrons. The highest BCUT2D eigenvalue weighted by Crippen LogP contribution is 2.37. The minimum atomic E-state index is -3.93. The molecule has 1 amide bonds. The fourth-order valence-electron chi connectivity index (χ4n) is 4.77. The van der Waals surface area contributed by atoms with Gasteiger partial charge in [-0.25, -0.2) is 13.4 Å². The number of nitrogens with one attached hydrogen (secondary N) is 1. The van der Waals surface area contributed by atoms with Gasteiger partial charge in [0.2, 0.25) is 15.9 Å². The summed E-state index contributed by atoms with van der Waals surface area (Å²) in [4.78, 5) is 31.4. The maximum absolute atomic E-state index is 13.7. The van der Waals surface area contributed by atoms with E-state index in [2.05, 4.69) is 10.3 Å². The minimum absolute atomic E-state index is 0.00810. The fraction of sp³-hybridized carbons (Fsp3) is 0.458. The Labute approximate surface area is 224 Å². The van der Waals surface area contributed by atoms with Gasteiger partial charge in [-0.3, -0.25) is 14.2 Å². The van der Waals surface area contributed by atoms with Crippen molar-refractivity contribution in [1.82, 2.24) is 13.9 Å². The Morgan fingerprint density at radius 3 is 2.46 bits per heavy atom. The Kier molecular flexibility index (Phi) is 7.84. The number of piperidine rings is 1. The van der Waals surface area contributed by atoms with E-state index in [0.29, 0.717) is 40.0 Å². The van der Waals surface area contributed by atoms with Gasteiger partial charge in [-0.2, -0.15) is 4.31 Å². The van der Waals surface area contributed by atoms with Crippen LogP contribution in [-0.2, 0) is 21.4 Å². The van der Waals surface area contributed by atoms with Crippen LogP contribution < -0.4 is 20.3 Å². The smallest absolute Gasteiger partial charge is 0.263 e. The molecular formula is C24H29ClN4O6S2. The van der Waals surface area contributed by atoms with E-state index in [0.717, 1.165) is 22.3 Å². The van der Waals surface area contributed by atoms with E-state index < -0.39 is 21.5 Å². The third-order valence-corrected chi connectivity index (χ3v) is 9.74. The lowest BCUT2D eigenvalue weighted by Crippen LogP contribution is -2.42. The van der Waals surface area contributed by atoms with Crippen LogP contribution in [0.2, 0.25) is 5.02 Å². The van der Waals surface area contributed by atoms with Gasteiger partial charge in [-0.1, -0.05) is 25.4 Å². The molecule has 1 N–H and O–H groups in total. The van der Waals surface area contributed by atoms with Crippen molar-refractivity contribution in [2.45, 2.75) is 38.6 Å². The van der Waals surface area contributed by atoms with Crippen molar-refractivity contribution in [3.05, 3.63) is 38.7 Å². The standard InChI is InChI=1S/C24H29ClN4O6S2/c1-13-6-14(2)10-29(9-13)37(32,33)22-15(3)36-23-21(22)24(31)28(12-26-23)11-20(30)27-17-7-16(25)18(34-4)8-19(17)35-5/h7-8,12-14H,6,9-11H2,1-5H3,(H,27,30)/t13-,14+. The van der Waals surface area contributed by atoms with E-state index in [1.54, 1.807) is 6.92 Å². The van der Waals surface area contributed by atoms with Gasteiger partial charge >= 0.3 is 0 Å². The molecule has 1 aliphatic rings. The lowest BCUT2D eigenvalue weighted by molar-refractivity contribution is -0.116. The molecule has 1 aromatic carbocycles. The third-order valence-electron chi connectivity index (χ3n) is 6.29. The summed E-state index contributed by atoms with van der Waals surface area (Å²) in [6.07, 6.45) is 2.20. The van der Waals surface area contributed by atoms with Gasteiger partial charge < -0.3 is 14.8 Å². The van der Waals surface area contributed by atoms with Gasteiger partial charge in [-0.15, -0.1) is 11.3 Å². The summed E-state index contributed by atoms with van der Waals surface area (Å²) in [7, 11) is -1.04. The van der Waals surface area contributed by atoms with Crippen LogP contribution >= 0.6 is 22.9 Å². The Morgan fingerprint density at radius 2 is 1.84 bits per heavy atom. The van der Waals surface area contributed by atoms with Crippen molar-refractivity contribution in [3.8, 4) is 11.5 Å². The summed E-state index contributed by atoms with van der Waals surface area (Å²) < 4.78 is 40.4. The second-order valence-corrected chi connectivity index (χ2v) is 12.8. The summed E-state index contributed by atoms with van der Waals surface area (Å²) in [5.74, 6) is 0.581. The lowest BCUT2D eigenvalue weighted by atomic mass is 9.94. The molecule has 37 heavy (non-hydrogen) atoms. The molecule has 13 heteroatoms. The van der Waals surface area contributed by atoms with Crippen LogP contribution in [0.1, 0.15) is 25.1 Å². The zero-order valence-electron chi connectivity index (χ0n) is 21.2. The molecule has 10 nitrogen and oxygen atoms in total. The van der Waals surface area contributed by atoms with Gasteiger partial charge in [0.25, 0.3) is 5.56 Å². The lowest BCUT2D eigenvalue weighted by Gasteiger charge is -2.34. The molecule has 4 rings (SSSR count). The van der Waals surface area contributed by atoms with E-state index >= 15 is 0 Å². The van der Waals surface area contributed by atoms with Gasteiger partial charge in [0.1, 0.15) is 27.8 Å². The number of rotatable bonds is 7. The van der Waals surface area contributed by atoms with E-state index in [1.807, 2.05) is 13.8 Å². The molecule has 1 saturated heterocycles. The van der Waals surface area contributed by atoms with Crippen molar-refractivity contribution in [2.75, 3.05) is 32.6 Å². The molecule has 0 spiro atoms. The van der Waals surface area contributed by atoms with E-state index in [-0.39, 0.29) is 33.7 Å². The van der Waals surface area contributed by atoms with Gasteiger partial charge in [0.15, 0.2) is 0 Å². The molecular weight excluding hydrogens is 540 g/mol. The average Bonchev–Trinajstić information content (AvgIpc) is 3.18. The van der Waals surface area contributed by atoms with Crippen LogP contribution in [0.3, 0.4) is 0 Å². The van der Waals surface area contributed by atoms with Crippen molar-refractivity contribution < 1.29 is 22.7 Å². The number of benzene rings is 1. The van der Waals surface area contributed by atoms with Gasteiger partial charge in [0.05, 0.1) is 36.6 Å². The molecule has 200 valence electrons. The summed E-state index contributed by atoms with van der Waals surface area (Å²) in [5.41, 5.74) is -0.302. The molecule has 2 aromatic heterocycles. The maximum Gasteiger partial charge on any atom is 0.263 e. The Hall–Kier alpha value is -2.67. The number of sulfonamides is 1. The zero-order valence-corrected chi connectivity index (χ0v) is 23.6. The molecule has 0 aliphatic carbocycles. The third kappa shape index (κ3) is 5.33. The Morgan fingerprint density at radius 1 is 1.19 bits per heavy atom. The van der Waals surface area contributed by atoms with Gasteiger partial charge in [-0.05, 0) is 31.2 Å². The average molecular weight is 569 g/mol. The Bertz CT molecular complexity index is 1510. The van der Waals surface area contributed by atoms with Crippen molar-refractivity contribution in [1.29, 1.82) is 0 Å². The second kappa shape index (κ2) is 10.6. The van der Waals surface area contributed by atoms with E-state index in [4.69, 9.17) is 21.1 Å². The normalized spacial score (nSPS) is 18.6. The number of ether oxygens (including phenoxy) is 2. The van der Waals surface area contributed by atoms with E-state index in [9.17, 15) is 18.0 Å². The Balaban J connectivity index is 1.68. The topological polar surface area (TPSA) is 120 Å². The number of halogens is 1. The SMILES string of the molecule is COc1cc(OC)c(NC(=O)Cn2cnc3sc(C)c(S(=O)(=O)N4C[C@H](C)C[C@H](C)C4)c3c2=O)cc1Cl. The number of amides is 1. The highest BCUT2D eigenvalue weighted by Gasteiger charge is 2.36. The number of hydrogen-bond donors (Lipinski definition) is 1. The highest BCUT2D eigenvalue weighted by molar-refractivity contribution is 7.89. The molecule has 0 saturated carbocycles. The molecule has 0 bridgehead atoms. The number of carbonyl (C=O) groups excluding carboxylic acids is 1. The second-order valence-electron chi connectivity index (χ2n) is 9.35. The van der Waals surface area contributed by atoms with Crippen LogP contribution in [0, 0.1) is 18.8 Å². The molecule has 3 heterocycles. The van der Waals surface area contributed by atoms with Crippen molar-refractivity contribution >= 4 is 54.8 Å². The van der Waals surface area contributed by atoms with Crippen molar-refractivity contribution in [3.63, 3.8) is 0 Å². The first-order chi connectivity index (χ1) is 17.5. The molecule has 1 aliphatic heterocycles. The number of anilines is 1. The maximum atomic E-state index is 13.7. The van der Waals surface area contributed by atoms with Gasteiger partial charge in [0, 0.05) is 24.0 Å². The molecule has 0 unspecified atom stereocenters. The predicted molar refractivity (Wildman–Crippen MR) is 144 cm³/mol. The summed E-state index contributed by atoms with van der Waals surface area (Å²) in [5, 5.41) is 2.95.